The van der Waals surface area contributed by atoms with Gasteiger partial charge in [0.05, 0.1) is 32.1 Å². The number of nitrogens with zero attached hydrogens (tertiary/aromatic N) is 2. The third kappa shape index (κ3) is 4.23. The van der Waals surface area contributed by atoms with E-state index >= 15 is 0 Å². The lowest BCUT2D eigenvalue weighted by Crippen LogP contribution is -2.32. The summed E-state index contributed by atoms with van der Waals surface area (Å²) in [7, 11) is 5.08. The molecule has 1 amide bonds. The molecule has 7 nitrogen and oxygen atoms in total. The molecule has 0 fully saturated rings. The summed E-state index contributed by atoms with van der Waals surface area (Å²) < 4.78 is 11.1. The fourth-order valence-corrected chi connectivity index (χ4v) is 3.81. The van der Waals surface area contributed by atoms with Gasteiger partial charge in [-0.3, -0.25) is 9.59 Å². The third-order valence-corrected chi connectivity index (χ3v) is 5.46. The minimum atomic E-state index is -0.242. The SMILES string of the molecule is CCOc1cc([C@@H](CC(=O)N(C)C)N2C=C3C(N)=CCC(=O)C3C2)ccc1OC. The number of allylic oxidation sites excluding steroid dienone is 2. The molecule has 2 aliphatic rings. The number of Topliss-reactive ketones (excluding diaryl/α,β-unsaturated/α-hetero) is 1. The molecule has 29 heavy (non-hydrogen) atoms. The van der Waals surface area contributed by atoms with Crippen LogP contribution in [0.1, 0.15) is 31.4 Å². The highest BCUT2D eigenvalue weighted by molar-refractivity contribution is 5.89. The van der Waals surface area contributed by atoms with Gasteiger partial charge in [-0.25, -0.2) is 0 Å². The maximum absolute atomic E-state index is 12.6. The van der Waals surface area contributed by atoms with E-state index in [4.69, 9.17) is 15.2 Å². The van der Waals surface area contributed by atoms with Crippen molar-refractivity contribution < 1.29 is 19.1 Å². The van der Waals surface area contributed by atoms with E-state index in [1.165, 1.54) is 0 Å². The quantitative estimate of drug-likeness (QED) is 0.757. The van der Waals surface area contributed by atoms with Crippen LogP contribution >= 0.6 is 0 Å². The van der Waals surface area contributed by atoms with E-state index in [2.05, 4.69) is 4.90 Å². The Kier molecular flexibility index (Phi) is 6.15. The van der Waals surface area contributed by atoms with Crippen LogP contribution in [0.3, 0.4) is 0 Å². The molecule has 0 aromatic heterocycles. The fourth-order valence-electron chi connectivity index (χ4n) is 3.81. The second-order valence-corrected chi connectivity index (χ2v) is 7.52. The molecule has 1 aromatic carbocycles. The van der Waals surface area contributed by atoms with Crippen LogP contribution in [0.5, 0.6) is 11.5 Å². The maximum atomic E-state index is 12.6. The summed E-state index contributed by atoms with van der Waals surface area (Å²) in [6.07, 6.45) is 4.35. The first-order valence-electron chi connectivity index (χ1n) is 9.82. The molecular weight excluding hydrogens is 370 g/mol. The van der Waals surface area contributed by atoms with Gasteiger partial charge in [0.15, 0.2) is 11.5 Å². The Bertz CT molecular complexity index is 860. The zero-order chi connectivity index (χ0) is 21.1. The summed E-state index contributed by atoms with van der Waals surface area (Å²) >= 11 is 0. The second kappa shape index (κ2) is 8.59. The summed E-state index contributed by atoms with van der Waals surface area (Å²) in [5.41, 5.74) is 8.56. The number of carbonyl (C=O) groups is 2. The van der Waals surface area contributed by atoms with Crippen molar-refractivity contribution in [3.63, 3.8) is 0 Å². The largest absolute Gasteiger partial charge is 0.493 e. The number of fused-ring (bicyclic) bond motifs is 1. The van der Waals surface area contributed by atoms with Crippen LogP contribution < -0.4 is 15.2 Å². The number of nitrogens with two attached hydrogens (primary N) is 1. The van der Waals surface area contributed by atoms with Gasteiger partial charge in [0, 0.05) is 44.5 Å². The van der Waals surface area contributed by atoms with Crippen LogP contribution in [0.4, 0.5) is 0 Å². The maximum Gasteiger partial charge on any atom is 0.224 e. The smallest absolute Gasteiger partial charge is 0.224 e. The van der Waals surface area contributed by atoms with E-state index in [0.29, 0.717) is 36.8 Å². The molecule has 1 unspecified atom stereocenters. The number of benzene rings is 1. The number of rotatable bonds is 7. The average molecular weight is 399 g/mol. The summed E-state index contributed by atoms with van der Waals surface area (Å²) in [6, 6.07) is 5.46. The van der Waals surface area contributed by atoms with E-state index in [9.17, 15) is 9.59 Å². The Morgan fingerprint density at radius 1 is 1.34 bits per heavy atom. The first-order chi connectivity index (χ1) is 13.8. The van der Waals surface area contributed by atoms with E-state index in [0.717, 1.165) is 11.1 Å². The standard InChI is InChI=1S/C22H29N3O4/c1-5-29-21-10-14(6-9-20(21)28-4)18(11-22(27)24(2)3)25-12-15-16(13-25)19(26)8-7-17(15)23/h6-7,9-10,12,16,18H,5,8,11,13,23H2,1-4H3/t16?,18-/m1/s1. The van der Waals surface area contributed by atoms with Gasteiger partial charge in [-0.1, -0.05) is 12.1 Å². The topological polar surface area (TPSA) is 85.1 Å². The molecule has 1 heterocycles. The number of amides is 1. The van der Waals surface area contributed by atoms with Gasteiger partial charge < -0.3 is 25.0 Å². The lowest BCUT2D eigenvalue weighted by molar-refractivity contribution is -0.129. The van der Waals surface area contributed by atoms with Crippen LogP contribution in [0.2, 0.25) is 0 Å². The van der Waals surface area contributed by atoms with Gasteiger partial charge in [-0.05, 0) is 24.6 Å². The molecule has 1 aliphatic heterocycles. The van der Waals surface area contributed by atoms with Crippen molar-refractivity contribution in [3.8, 4) is 11.5 Å². The normalized spacial score (nSPS) is 19.2. The first-order valence-corrected chi connectivity index (χ1v) is 9.82. The number of carbonyl (C=O) groups excluding carboxylic acids is 2. The zero-order valence-corrected chi connectivity index (χ0v) is 17.5. The fraction of sp³-hybridized carbons (Fsp3) is 0.455. The highest BCUT2D eigenvalue weighted by Gasteiger charge is 2.37. The molecule has 2 atom stereocenters. The van der Waals surface area contributed by atoms with E-state index in [1.807, 2.05) is 31.3 Å². The van der Waals surface area contributed by atoms with Crippen LogP contribution in [0.15, 0.2) is 41.7 Å². The molecule has 156 valence electrons. The number of methoxy groups -OCH3 is 1. The molecule has 7 heteroatoms. The van der Waals surface area contributed by atoms with Crippen LogP contribution in [0, 0.1) is 5.92 Å². The Labute approximate surface area is 171 Å². The monoisotopic (exact) mass is 399 g/mol. The Morgan fingerprint density at radius 2 is 2.10 bits per heavy atom. The van der Waals surface area contributed by atoms with Crippen molar-refractivity contribution in [3.05, 3.63) is 47.3 Å². The molecule has 2 N–H and O–H groups in total. The first kappa shape index (κ1) is 20.8. The Morgan fingerprint density at radius 3 is 2.72 bits per heavy atom. The molecule has 0 bridgehead atoms. The lowest BCUT2D eigenvalue weighted by Gasteiger charge is -2.30. The van der Waals surface area contributed by atoms with Crippen molar-refractivity contribution in [1.82, 2.24) is 9.80 Å². The number of hydrogen-bond acceptors (Lipinski definition) is 6. The third-order valence-electron chi connectivity index (χ3n) is 5.46. The van der Waals surface area contributed by atoms with Gasteiger partial charge in [0.1, 0.15) is 5.78 Å². The van der Waals surface area contributed by atoms with Gasteiger partial charge in [-0.15, -0.1) is 0 Å². The van der Waals surface area contributed by atoms with Crippen molar-refractivity contribution in [1.29, 1.82) is 0 Å². The van der Waals surface area contributed by atoms with Crippen molar-refractivity contribution in [2.75, 3.05) is 34.4 Å². The molecule has 3 rings (SSSR count). The average Bonchev–Trinajstić information content (AvgIpc) is 3.15. The Balaban J connectivity index is 1.98. The van der Waals surface area contributed by atoms with Crippen LogP contribution in [-0.4, -0.2) is 55.8 Å². The van der Waals surface area contributed by atoms with Crippen molar-refractivity contribution in [2.24, 2.45) is 11.7 Å². The summed E-state index contributed by atoms with van der Waals surface area (Å²) in [5, 5.41) is 0. The van der Waals surface area contributed by atoms with Crippen LogP contribution in [0.25, 0.3) is 0 Å². The van der Waals surface area contributed by atoms with Gasteiger partial charge >= 0.3 is 0 Å². The van der Waals surface area contributed by atoms with E-state index < -0.39 is 0 Å². The van der Waals surface area contributed by atoms with Gasteiger partial charge in [0.2, 0.25) is 5.91 Å². The zero-order valence-electron chi connectivity index (χ0n) is 17.5. The molecule has 0 saturated heterocycles. The molecule has 0 radical (unpaired) electrons. The number of ether oxygens (including phenoxy) is 2. The van der Waals surface area contributed by atoms with E-state index in [1.54, 1.807) is 32.2 Å². The predicted molar refractivity (Wildman–Crippen MR) is 110 cm³/mol. The van der Waals surface area contributed by atoms with Crippen molar-refractivity contribution in [2.45, 2.75) is 25.8 Å². The molecule has 0 saturated carbocycles. The minimum absolute atomic E-state index is 0.00638. The number of ketones is 1. The minimum Gasteiger partial charge on any atom is -0.493 e. The Hall–Kier alpha value is -2.96. The second-order valence-electron chi connectivity index (χ2n) is 7.52. The van der Waals surface area contributed by atoms with Gasteiger partial charge in [-0.2, -0.15) is 0 Å². The lowest BCUT2D eigenvalue weighted by atomic mass is 9.88. The molecule has 1 aromatic rings. The van der Waals surface area contributed by atoms with Crippen LogP contribution in [-0.2, 0) is 9.59 Å². The number of hydrogen-bond donors (Lipinski definition) is 1. The van der Waals surface area contributed by atoms with E-state index in [-0.39, 0.29) is 30.1 Å². The highest BCUT2D eigenvalue weighted by Crippen LogP contribution is 2.39. The highest BCUT2D eigenvalue weighted by atomic mass is 16.5. The summed E-state index contributed by atoms with van der Waals surface area (Å²) in [6.45, 7) is 2.94. The van der Waals surface area contributed by atoms with Crippen molar-refractivity contribution >= 4 is 11.7 Å². The predicted octanol–water partition coefficient (Wildman–Crippen LogP) is 2.24. The van der Waals surface area contributed by atoms with Gasteiger partial charge in [0.25, 0.3) is 0 Å². The summed E-state index contributed by atoms with van der Waals surface area (Å²) in [4.78, 5) is 28.6. The molecule has 1 aliphatic carbocycles. The molecular formula is C22H29N3O4. The molecule has 0 spiro atoms. The summed E-state index contributed by atoms with van der Waals surface area (Å²) in [5.74, 6) is 1.21.